The fraction of sp³-hybridized carbons (Fsp3) is 0.625. The lowest BCUT2D eigenvalue weighted by atomic mass is 10.0. The largest absolute Gasteiger partial charge is 0.370 e. The van der Waals surface area contributed by atoms with Crippen molar-refractivity contribution in [1.29, 1.82) is 0 Å². The van der Waals surface area contributed by atoms with Gasteiger partial charge in [0.1, 0.15) is 0 Å². The molecule has 2 heteroatoms. The maximum absolute atomic E-state index is 5.91. The van der Waals surface area contributed by atoms with E-state index in [0.29, 0.717) is 6.04 Å². The quantitative estimate of drug-likeness (QED) is 0.673. The van der Waals surface area contributed by atoms with Crippen LogP contribution in [0.4, 0.5) is 5.69 Å². The molecule has 1 unspecified atom stereocenters. The fourth-order valence-corrected chi connectivity index (χ4v) is 2.33. The molecule has 0 aliphatic carbocycles. The van der Waals surface area contributed by atoms with E-state index >= 15 is 0 Å². The molecule has 0 saturated carbocycles. The van der Waals surface area contributed by atoms with E-state index in [1.807, 2.05) is 0 Å². The average Bonchev–Trinajstić information content (AvgIpc) is 2.43. The maximum Gasteiger partial charge on any atom is 0.0409 e. The van der Waals surface area contributed by atoms with E-state index in [4.69, 9.17) is 5.73 Å². The molecule has 1 atom stereocenters. The Morgan fingerprint density at radius 2 is 1.72 bits per heavy atom. The first kappa shape index (κ1) is 15.0. The number of anilines is 1. The Morgan fingerprint density at radius 1 is 1.06 bits per heavy atom. The average molecular weight is 248 g/mol. The molecule has 0 spiro atoms. The number of unbranched alkanes of at least 4 members (excludes halogenated alkanes) is 4. The van der Waals surface area contributed by atoms with Gasteiger partial charge < -0.3 is 10.6 Å². The molecule has 0 heterocycles. The Bertz CT molecular complexity index is 297. The third-order valence-electron chi connectivity index (χ3n) is 3.62. The van der Waals surface area contributed by atoms with Crippen LogP contribution >= 0.6 is 0 Å². The van der Waals surface area contributed by atoms with Gasteiger partial charge in [0.25, 0.3) is 0 Å². The second-order valence-electron chi connectivity index (χ2n) is 5.04. The number of para-hydroxylation sites is 1. The van der Waals surface area contributed by atoms with Crippen LogP contribution < -0.4 is 10.6 Å². The van der Waals surface area contributed by atoms with Crippen LogP contribution in [0.2, 0.25) is 0 Å². The first-order chi connectivity index (χ1) is 8.79. The Hall–Kier alpha value is -1.02. The van der Waals surface area contributed by atoms with E-state index in [9.17, 15) is 0 Å². The lowest BCUT2D eigenvalue weighted by Gasteiger charge is -2.29. The number of rotatable bonds is 9. The number of likely N-dealkylation sites (N-methyl/N-ethyl adjacent to an activating group) is 1. The highest BCUT2D eigenvalue weighted by atomic mass is 15.1. The van der Waals surface area contributed by atoms with Crippen LogP contribution in [0.1, 0.15) is 45.4 Å². The molecule has 1 aromatic rings. The molecule has 0 aromatic heterocycles. The van der Waals surface area contributed by atoms with E-state index in [1.54, 1.807) is 0 Å². The van der Waals surface area contributed by atoms with Crippen molar-refractivity contribution in [2.75, 3.05) is 18.5 Å². The Balaban J connectivity index is 2.36. The van der Waals surface area contributed by atoms with Crippen LogP contribution in [-0.4, -0.2) is 19.6 Å². The minimum atomic E-state index is 0.467. The van der Waals surface area contributed by atoms with Crippen molar-refractivity contribution in [2.24, 2.45) is 5.73 Å². The van der Waals surface area contributed by atoms with Crippen molar-refractivity contribution in [2.45, 2.75) is 51.5 Å². The topological polar surface area (TPSA) is 29.3 Å². The molecule has 0 saturated heterocycles. The Labute approximate surface area is 112 Å². The van der Waals surface area contributed by atoms with Gasteiger partial charge in [0.15, 0.2) is 0 Å². The zero-order valence-corrected chi connectivity index (χ0v) is 11.9. The number of hydrogen-bond acceptors (Lipinski definition) is 2. The summed E-state index contributed by atoms with van der Waals surface area (Å²) in [6.07, 6.45) is 7.87. The molecule has 0 amide bonds. The van der Waals surface area contributed by atoms with Crippen molar-refractivity contribution in [3.05, 3.63) is 30.3 Å². The van der Waals surface area contributed by atoms with Gasteiger partial charge in [-0.2, -0.15) is 0 Å². The SMILES string of the molecule is CCCCCCCC(CN)N(C)c1ccccc1. The number of benzene rings is 1. The summed E-state index contributed by atoms with van der Waals surface area (Å²) in [5, 5.41) is 0. The Kier molecular flexibility index (Phi) is 7.51. The summed E-state index contributed by atoms with van der Waals surface area (Å²) in [5.41, 5.74) is 7.18. The fourth-order valence-electron chi connectivity index (χ4n) is 2.33. The number of nitrogens with zero attached hydrogens (tertiary/aromatic N) is 1. The lowest BCUT2D eigenvalue weighted by molar-refractivity contribution is 0.528. The minimum absolute atomic E-state index is 0.467. The smallest absolute Gasteiger partial charge is 0.0409 e. The first-order valence-electron chi connectivity index (χ1n) is 7.27. The summed E-state index contributed by atoms with van der Waals surface area (Å²) in [6.45, 7) is 2.99. The van der Waals surface area contributed by atoms with Gasteiger partial charge in [-0.15, -0.1) is 0 Å². The van der Waals surface area contributed by atoms with Gasteiger partial charge >= 0.3 is 0 Å². The second kappa shape index (κ2) is 8.98. The van der Waals surface area contributed by atoms with Crippen LogP contribution in [0.15, 0.2) is 30.3 Å². The third-order valence-corrected chi connectivity index (χ3v) is 3.62. The normalized spacial score (nSPS) is 12.4. The molecule has 1 aromatic carbocycles. The van der Waals surface area contributed by atoms with E-state index in [1.165, 1.54) is 44.2 Å². The second-order valence-corrected chi connectivity index (χ2v) is 5.04. The van der Waals surface area contributed by atoms with E-state index in [0.717, 1.165) is 6.54 Å². The van der Waals surface area contributed by atoms with Gasteiger partial charge in [0.05, 0.1) is 0 Å². The molecule has 0 radical (unpaired) electrons. The van der Waals surface area contributed by atoms with Gasteiger partial charge in [0, 0.05) is 25.3 Å². The maximum atomic E-state index is 5.91. The molecular weight excluding hydrogens is 220 g/mol. The molecule has 1 rings (SSSR count). The van der Waals surface area contributed by atoms with Crippen molar-refractivity contribution in [3.8, 4) is 0 Å². The summed E-state index contributed by atoms with van der Waals surface area (Å²) in [4.78, 5) is 2.32. The van der Waals surface area contributed by atoms with Gasteiger partial charge in [0.2, 0.25) is 0 Å². The van der Waals surface area contributed by atoms with E-state index in [-0.39, 0.29) is 0 Å². The summed E-state index contributed by atoms with van der Waals surface area (Å²) < 4.78 is 0. The zero-order chi connectivity index (χ0) is 13.2. The van der Waals surface area contributed by atoms with Crippen molar-refractivity contribution in [1.82, 2.24) is 0 Å². The summed E-state index contributed by atoms with van der Waals surface area (Å²) >= 11 is 0. The predicted octanol–water partition coefficient (Wildman–Crippen LogP) is 3.81. The summed E-state index contributed by atoms with van der Waals surface area (Å²) in [6, 6.07) is 11.0. The molecule has 102 valence electrons. The van der Waals surface area contributed by atoms with Crippen LogP contribution in [0.3, 0.4) is 0 Å². The Morgan fingerprint density at radius 3 is 2.33 bits per heavy atom. The van der Waals surface area contributed by atoms with Crippen LogP contribution in [0.25, 0.3) is 0 Å². The zero-order valence-electron chi connectivity index (χ0n) is 11.9. The van der Waals surface area contributed by atoms with E-state index < -0.39 is 0 Å². The standard InChI is InChI=1S/C16H28N2/c1-3-4-5-6-8-13-16(14-17)18(2)15-11-9-7-10-12-15/h7,9-12,16H,3-6,8,13-14,17H2,1-2H3. The van der Waals surface area contributed by atoms with Gasteiger partial charge in [-0.1, -0.05) is 57.2 Å². The number of nitrogens with two attached hydrogens (primary N) is 1. The summed E-state index contributed by atoms with van der Waals surface area (Å²) in [5.74, 6) is 0. The van der Waals surface area contributed by atoms with Crippen LogP contribution in [0, 0.1) is 0 Å². The molecule has 0 bridgehead atoms. The third kappa shape index (κ3) is 5.09. The van der Waals surface area contributed by atoms with Gasteiger partial charge in [-0.25, -0.2) is 0 Å². The molecule has 0 aliphatic heterocycles. The molecular formula is C16H28N2. The summed E-state index contributed by atoms with van der Waals surface area (Å²) in [7, 11) is 2.15. The highest BCUT2D eigenvalue weighted by molar-refractivity contribution is 5.46. The van der Waals surface area contributed by atoms with Crippen molar-refractivity contribution < 1.29 is 0 Å². The molecule has 2 N–H and O–H groups in total. The van der Waals surface area contributed by atoms with Crippen molar-refractivity contribution in [3.63, 3.8) is 0 Å². The molecule has 2 nitrogen and oxygen atoms in total. The van der Waals surface area contributed by atoms with Gasteiger partial charge in [-0.3, -0.25) is 0 Å². The van der Waals surface area contributed by atoms with Crippen molar-refractivity contribution >= 4 is 5.69 Å². The highest BCUT2D eigenvalue weighted by Crippen LogP contribution is 2.17. The van der Waals surface area contributed by atoms with Gasteiger partial charge in [-0.05, 0) is 18.6 Å². The highest BCUT2D eigenvalue weighted by Gasteiger charge is 2.12. The monoisotopic (exact) mass is 248 g/mol. The molecule has 0 aliphatic rings. The number of hydrogen-bond donors (Lipinski definition) is 1. The predicted molar refractivity (Wildman–Crippen MR) is 81.1 cm³/mol. The van der Waals surface area contributed by atoms with Crippen LogP contribution in [-0.2, 0) is 0 Å². The van der Waals surface area contributed by atoms with E-state index in [2.05, 4.69) is 49.2 Å². The molecule has 0 fully saturated rings. The first-order valence-corrected chi connectivity index (χ1v) is 7.27. The lowest BCUT2D eigenvalue weighted by Crippen LogP contribution is -2.37. The molecule has 18 heavy (non-hydrogen) atoms. The minimum Gasteiger partial charge on any atom is -0.370 e. The van der Waals surface area contributed by atoms with Crippen LogP contribution in [0.5, 0.6) is 0 Å².